The zero-order chi connectivity index (χ0) is 44.8. The number of aromatic nitrogens is 2. The number of aromatic amines is 1. The number of nitrogens with one attached hydrogen (secondary N) is 2. The molecule has 2 aliphatic carbocycles. The molecule has 5 aromatic rings. The number of H-pyrrole nitrogens is 1. The van der Waals surface area contributed by atoms with Crippen molar-refractivity contribution in [3.05, 3.63) is 117 Å². The van der Waals surface area contributed by atoms with E-state index in [1.807, 2.05) is 18.2 Å². The Morgan fingerprint density at radius 2 is 1.80 bits per heavy atom. The summed E-state index contributed by atoms with van der Waals surface area (Å²) in [5.41, 5.74) is 5.67. The lowest BCUT2D eigenvalue weighted by molar-refractivity contribution is -0.386. The lowest BCUT2D eigenvalue weighted by Gasteiger charge is -2.39. The molecule has 9 rings (SSSR count). The summed E-state index contributed by atoms with van der Waals surface area (Å²) in [6.45, 7) is 8.88. The zero-order valence-electron chi connectivity index (χ0n) is 36.0. The number of pyridine rings is 1. The summed E-state index contributed by atoms with van der Waals surface area (Å²) in [5.74, 6) is -0.163. The van der Waals surface area contributed by atoms with Gasteiger partial charge in [-0.05, 0) is 110 Å². The van der Waals surface area contributed by atoms with Crippen LogP contribution in [0.2, 0.25) is 5.02 Å². The highest BCUT2D eigenvalue weighted by atomic mass is 35.5. The van der Waals surface area contributed by atoms with Gasteiger partial charge in [-0.15, -0.1) is 0 Å². The number of allylic oxidation sites excluding steroid dienone is 1. The number of nitro benzene ring substituents is 1. The number of anilines is 1. The molecule has 0 bridgehead atoms. The minimum absolute atomic E-state index is 0.000263. The summed E-state index contributed by atoms with van der Waals surface area (Å²) in [7, 11) is -4.64. The van der Waals surface area contributed by atoms with Crippen LogP contribution in [0.3, 0.4) is 0 Å². The Labute approximate surface area is 377 Å². The number of nitrogens with zero attached hydrogens (tertiary/aromatic N) is 4. The second-order valence-corrected chi connectivity index (χ2v) is 20.6. The quantitative estimate of drug-likeness (QED) is 0.0851. The predicted octanol–water partition coefficient (Wildman–Crippen LogP) is 8.92. The first-order valence-corrected chi connectivity index (χ1v) is 23.9. The fourth-order valence-corrected chi connectivity index (χ4v) is 11.0. The Morgan fingerprint density at radius 3 is 2.55 bits per heavy atom. The fraction of sp³-hybridized carbons (Fsp3) is 0.417. The lowest BCUT2D eigenvalue weighted by atomic mass is 9.72. The van der Waals surface area contributed by atoms with Gasteiger partial charge in [-0.3, -0.25) is 19.8 Å². The van der Waals surface area contributed by atoms with Gasteiger partial charge < -0.3 is 24.5 Å². The van der Waals surface area contributed by atoms with Gasteiger partial charge in [0.2, 0.25) is 0 Å². The molecule has 336 valence electrons. The number of carbonyl (C=O) groups is 1. The second-order valence-electron chi connectivity index (χ2n) is 18.5. The van der Waals surface area contributed by atoms with Crippen LogP contribution in [-0.2, 0) is 16.4 Å². The van der Waals surface area contributed by atoms with E-state index in [-0.39, 0.29) is 52.7 Å². The Morgan fingerprint density at radius 1 is 1.03 bits per heavy atom. The van der Waals surface area contributed by atoms with Crippen molar-refractivity contribution < 1.29 is 32.7 Å². The number of hydrogen-bond donors (Lipinski definition) is 3. The number of aliphatic hydroxyl groups is 1. The number of aliphatic hydroxyl groups excluding tert-OH is 1. The number of amides is 1. The van der Waals surface area contributed by atoms with Gasteiger partial charge in [0.15, 0.2) is 0 Å². The summed E-state index contributed by atoms with van der Waals surface area (Å²) in [6.07, 6.45) is 9.41. The maximum Gasteiger partial charge on any atom is 0.277 e. The topological polar surface area (TPSA) is 180 Å². The van der Waals surface area contributed by atoms with Crippen molar-refractivity contribution in [1.29, 1.82) is 0 Å². The van der Waals surface area contributed by atoms with Crippen molar-refractivity contribution in [3.8, 4) is 17.2 Å². The Balaban J connectivity index is 0.943. The predicted molar refractivity (Wildman–Crippen MR) is 246 cm³/mol. The second kappa shape index (κ2) is 17.8. The molecule has 14 nitrogen and oxygen atoms in total. The van der Waals surface area contributed by atoms with Gasteiger partial charge in [0.1, 0.15) is 22.9 Å². The molecule has 0 radical (unpaired) electrons. The van der Waals surface area contributed by atoms with Crippen molar-refractivity contribution in [2.24, 2.45) is 17.3 Å². The molecule has 1 amide bonds. The number of piperazine rings is 1. The highest BCUT2D eigenvalue weighted by Crippen LogP contribution is 2.44. The molecule has 4 heterocycles. The van der Waals surface area contributed by atoms with Crippen LogP contribution in [0.5, 0.6) is 17.2 Å². The molecule has 1 atom stereocenters. The average molecular weight is 910 g/mol. The van der Waals surface area contributed by atoms with Gasteiger partial charge in [-0.2, -0.15) is 0 Å². The van der Waals surface area contributed by atoms with Crippen LogP contribution in [0.25, 0.3) is 16.6 Å². The first-order chi connectivity index (χ1) is 30.7. The summed E-state index contributed by atoms with van der Waals surface area (Å²) in [6, 6.07) is 19.1. The summed E-state index contributed by atoms with van der Waals surface area (Å²) in [4.78, 5) is 37.6. The van der Waals surface area contributed by atoms with Gasteiger partial charge in [0.05, 0.1) is 39.9 Å². The molecule has 1 saturated carbocycles. The maximum atomic E-state index is 14.1. The van der Waals surface area contributed by atoms with Crippen molar-refractivity contribution >= 4 is 55.5 Å². The molecule has 3 aromatic carbocycles. The van der Waals surface area contributed by atoms with Gasteiger partial charge >= 0.3 is 0 Å². The number of carbonyl (C=O) groups excluding carboxylic acids is 1. The highest BCUT2D eigenvalue weighted by molar-refractivity contribution is 7.90. The number of fused-ring (bicyclic) bond motifs is 2. The first kappa shape index (κ1) is 43.8. The van der Waals surface area contributed by atoms with Crippen molar-refractivity contribution in [1.82, 2.24) is 19.6 Å². The Bertz CT molecular complexity index is 2720. The molecule has 0 unspecified atom stereocenters. The van der Waals surface area contributed by atoms with Gasteiger partial charge in [0, 0.05) is 79.1 Å². The van der Waals surface area contributed by atoms with Crippen molar-refractivity contribution in [2.45, 2.75) is 76.2 Å². The average Bonchev–Trinajstić information content (AvgIpc) is 3.75. The van der Waals surface area contributed by atoms with Gasteiger partial charge in [-0.25, -0.2) is 18.1 Å². The number of ether oxygens (including phenoxy) is 2. The minimum Gasteiger partial charge on any atom is -0.493 e. The van der Waals surface area contributed by atoms with Crippen LogP contribution in [0.1, 0.15) is 80.3 Å². The molecule has 4 aliphatic rings. The van der Waals surface area contributed by atoms with Crippen LogP contribution >= 0.6 is 11.6 Å². The molecule has 2 aliphatic heterocycles. The number of hydrogen-bond acceptors (Lipinski definition) is 11. The largest absolute Gasteiger partial charge is 0.493 e. The van der Waals surface area contributed by atoms with Crippen LogP contribution in [0.15, 0.2) is 89.6 Å². The van der Waals surface area contributed by atoms with E-state index in [0.29, 0.717) is 36.2 Å². The normalized spacial score (nSPS) is 21.6. The number of halogens is 1. The third kappa shape index (κ3) is 9.49. The molecule has 2 aromatic heterocycles. The molecule has 0 spiro atoms. The third-order valence-electron chi connectivity index (χ3n) is 13.6. The van der Waals surface area contributed by atoms with E-state index in [1.165, 1.54) is 29.0 Å². The Hall–Kier alpha value is -5.48. The van der Waals surface area contributed by atoms with Crippen molar-refractivity contribution in [3.63, 3.8) is 0 Å². The molecular weight excluding hydrogens is 856 g/mol. The number of benzene rings is 3. The highest BCUT2D eigenvalue weighted by Gasteiger charge is 2.36. The third-order valence-corrected chi connectivity index (χ3v) is 15.1. The van der Waals surface area contributed by atoms with E-state index in [1.54, 1.807) is 30.5 Å². The molecule has 16 heteroatoms. The molecule has 2 fully saturated rings. The van der Waals surface area contributed by atoms with Gasteiger partial charge in [-0.1, -0.05) is 43.2 Å². The van der Waals surface area contributed by atoms with Crippen LogP contribution in [0, 0.1) is 27.4 Å². The lowest BCUT2D eigenvalue weighted by Crippen LogP contribution is -2.47. The summed E-state index contributed by atoms with van der Waals surface area (Å²) in [5, 5.41) is 23.9. The zero-order valence-corrected chi connectivity index (χ0v) is 37.6. The van der Waals surface area contributed by atoms with E-state index in [9.17, 15) is 28.4 Å². The summed E-state index contributed by atoms with van der Waals surface area (Å²) >= 11 is 6.25. The molecule has 3 N–H and O–H groups in total. The summed E-state index contributed by atoms with van der Waals surface area (Å²) < 4.78 is 42.4. The monoisotopic (exact) mass is 908 g/mol. The number of sulfonamides is 1. The SMILES string of the molecule is CC1(C)CCC(CN2CCN(c3ccc(C(=O)NS(=O)(=O)c4cc5c(c([N+](=O)[O-])c4)C[C@H](C4CCC(O)CC4)CO5)c(Oc4cnc5[nH]ccc5c4)c3)CC2)=C(c2ccc(Cl)cc2)C1. The van der Waals surface area contributed by atoms with E-state index < -0.39 is 25.7 Å². The van der Waals surface area contributed by atoms with Crippen LogP contribution < -0.4 is 19.1 Å². The van der Waals surface area contributed by atoms with Gasteiger partial charge in [0.25, 0.3) is 21.6 Å². The van der Waals surface area contributed by atoms with Crippen LogP contribution in [0.4, 0.5) is 11.4 Å². The maximum absolute atomic E-state index is 14.1. The molecule has 64 heavy (non-hydrogen) atoms. The fourth-order valence-electron chi connectivity index (χ4n) is 9.87. The minimum atomic E-state index is -4.64. The standard InChI is InChI=1S/C48H53ClN6O8S/c1-48(2)15-13-33(42(26-48)31-3-7-35(49)8-4-31)28-53-17-19-54(20-18-53)36-9-12-40(45(23-36)63-38-21-32-14-16-50-46(32)51-27-38)47(57)52-64(60,61)39-24-43(55(58)59)41-22-34(29-62-44(41)25-39)30-5-10-37(56)11-6-30/h3-4,7-9,12,14,16,21,23-25,27,30,34,37,56H,5-6,10-11,13,15,17-20,22,26,28-29H2,1-2H3,(H,50,51)(H,52,57)/t30?,34-,37?/m0/s1. The number of rotatable bonds is 11. The smallest absolute Gasteiger partial charge is 0.277 e. The molecular formula is C48H53ClN6O8S. The van der Waals surface area contributed by atoms with E-state index in [4.69, 9.17) is 21.1 Å². The van der Waals surface area contributed by atoms with E-state index in [0.717, 1.165) is 87.0 Å². The van der Waals surface area contributed by atoms with Crippen molar-refractivity contribution in [2.75, 3.05) is 44.2 Å². The number of nitro groups is 1. The van der Waals surface area contributed by atoms with E-state index >= 15 is 0 Å². The Kier molecular flexibility index (Phi) is 12.2. The van der Waals surface area contributed by atoms with E-state index in [2.05, 4.69) is 50.5 Å². The molecule has 1 saturated heterocycles. The van der Waals surface area contributed by atoms with Crippen LogP contribution in [-0.4, -0.2) is 84.7 Å². The first-order valence-electron chi connectivity index (χ1n) is 22.1.